The quantitative estimate of drug-likeness (QED) is 0.312. The number of fused-ring (bicyclic) bond motifs is 1. The van der Waals surface area contributed by atoms with Crippen LogP contribution in [0.4, 0.5) is 11.4 Å². The fourth-order valence-corrected chi connectivity index (χ4v) is 5.70. The van der Waals surface area contributed by atoms with Crippen molar-refractivity contribution in [3.63, 3.8) is 0 Å². The zero-order valence-electron chi connectivity index (χ0n) is 20.0. The minimum atomic E-state index is -3.70. The van der Waals surface area contributed by atoms with Crippen molar-refractivity contribution in [1.29, 1.82) is 0 Å². The van der Waals surface area contributed by atoms with E-state index in [-0.39, 0.29) is 17.4 Å². The highest BCUT2D eigenvalue weighted by Crippen LogP contribution is 2.33. The summed E-state index contributed by atoms with van der Waals surface area (Å²) in [5.41, 5.74) is 2.58. The van der Waals surface area contributed by atoms with Gasteiger partial charge in [0, 0.05) is 12.2 Å². The molecule has 188 valence electrons. The Morgan fingerprint density at radius 2 is 1.46 bits per heavy atom. The van der Waals surface area contributed by atoms with Gasteiger partial charge >= 0.3 is 0 Å². The van der Waals surface area contributed by atoms with Crippen LogP contribution in [-0.4, -0.2) is 34.1 Å². The molecule has 4 aromatic rings. The number of nitrogens with one attached hydrogen (secondary N) is 1. The average Bonchev–Trinajstić information content (AvgIpc) is 3.37. The molecule has 0 unspecified atom stereocenters. The van der Waals surface area contributed by atoms with E-state index in [1.807, 2.05) is 54.6 Å². The third-order valence-corrected chi connectivity index (χ3v) is 7.86. The molecular weight excluding hydrogens is 488 g/mol. The first kappa shape index (κ1) is 24.4. The first-order chi connectivity index (χ1) is 18.0. The summed E-state index contributed by atoms with van der Waals surface area (Å²) in [6.07, 6.45) is 0.684. The van der Waals surface area contributed by atoms with E-state index < -0.39 is 10.0 Å². The Morgan fingerprint density at radius 1 is 0.784 bits per heavy atom. The van der Waals surface area contributed by atoms with Gasteiger partial charge in [0.05, 0.1) is 16.1 Å². The fraction of sp³-hybridized carbons (Fsp3) is 0.138. The molecule has 37 heavy (non-hydrogen) atoms. The summed E-state index contributed by atoms with van der Waals surface area (Å²) < 4.78 is 39.3. The summed E-state index contributed by atoms with van der Waals surface area (Å²) in [5.74, 6) is 0.823. The van der Waals surface area contributed by atoms with Crippen molar-refractivity contribution in [2.24, 2.45) is 0 Å². The van der Waals surface area contributed by atoms with Crippen LogP contribution < -0.4 is 19.1 Å². The maximum absolute atomic E-state index is 13.2. The predicted octanol–water partition coefficient (Wildman–Crippen LogP) is 5.15. The largest absolute Gasteiger partial charge is 0.490 e. The minimum Gasteiger partial charge on any atom is -0.490 e. The normalized spacial score (nSPS) is 12.6. The van der Waals surface area contributed by atoms with Crippen molar-refractivity contribution in [2.45, 2.75) is 11.3 Å². The number of sulfonamides is 1. The first-order valence-corrected chi connectivity index (χ1v) is 13.4. The molecule has 0 saturated heterocycles. The van der Waals surface area contributed by atoms with Gasteiger partial charge in [-0.1, -0.05) is 48.5 Å². The third kappa shape index (κ3) is 5.44. The van der Waals surface area contributed by atoms with Gasteiger partial charge in [-0.2, -0.15) is 0 Å². The summed E-state index contributed by atoms with van der Waals surface area (Å²) in [7, 11) is -3.70. The summed E-state index contributed by atoms with van der Waals surface area (Å²) in [6.45, 7) is 1.01. The van der Waals surface area contributed by atoms with Gasteiger partial charge in [-0.15, -0.1) is 0 Å². The number of carbonyl (C=O) groups excluding carboxylic acids is 1. The van der Waals surface area contributed by atoms with Crippen LogP contribution in [0.1, 0.15) is 15.9 Å². The Labute approximate surface area is 216 Å². The highest BCUT2D eigenvalue weighted by Gasteiger charge is 2.30. The second-order valence-electron chi connectivity index (χ2n) is 8.44. The van der Waals surface area contributed by atoms with Crippen LogP contribution >= 0.6 is 0 Å². The van der Waals surface area contributed by atoms with Crippen LogP contribution in [0.3, 0.4) is 0 Å². The number of para-hydroxylation sites is 3. The molecule has 0 spiro atoms. The molecule has 1 aliphatic rings. The molecule has 7 nitrogen and oxygen atoms in total. The molecule has 8 heteroatoms. The van der Waals surface area contributed by atoms with E-state index in [2.05, 4.69) is 5.32 Å². The van der Waals surface area contributed by atoms with E-state index in [0.717, 1.165) is 11.3 Å². The van der Waals surface area contributed by atoms with Crippen LogP contribution in [0, 0.1) is 0 Å². The molecule has 1 amide bonds. The molecule has 0 aromatic heterocycles. The first-order valence-electron chi connectivity index (χ1n) is 11.9. The monoisotopic (exact) mass is 514 g/mol. The Kier molecular flexibility index (Phi) is 7.09. The number of nitrogens with zero attached hydrogens (tertiary/aromatic N) is 1. The highest BCUT2D eigenvalue weighted by molar-refractivity contribution is 7.92. The summed E-state index contributed by atoms with van der Waals surface area (Å²) in [5, 5.41) is 2.82. The molecule has 1 N–H and O–H groups in total. The molecular formula is C29H26N2O5S. The van der Waals surface area contributed by atoms with Crippen molar-refractivity contribution in [1.82, 2.24) is 0 Å². The van der Waals surface area contributed by atoms with E-state index in [1.54, 1.807) is 36.4 Å². The SMILES string of the molecule is O=C(Nc1ccc(S(=O)(=O)N2CCc3ccccc32)cc1)c1ccccc1OCCOc1ccccc1. The van der Waals surface area contributed by atoms with Crippen molar-refractivity contribution >= 4 is 27.3 Å². The fourth-order valence-electron chi connectivity index (χ4n) is 4.20. The number of rotatable bonds is 9. The molecule has 0 fully saturated rings. The maximum atomic E-state index is 13.2. The topological polar surface area (TPSA) is 84.9 Å². The van der Waals surface area contributed by atoms with Crippen LogP contribution in [-0.2, 0) is 16.4 Å². The van der Waals surface area contributed by atoms with Gasteiger partial charge in [0.1, 0.15) is 24.7 Å². The van der Waals surface area contributed by atoms with Gasteiger partial charge < -0.3 is 14.8 Å². The van der Waals surface area contributed by atoms with E-state index >= 15 is 0 Å². The molecule has 1 aliphatic heterocycles. The maximum Gasteiger partial charge on any atom is 0.264 e. The highest BCUT2D eigenvalue weighted by atomic mass is 32.2. The molecule has 0 saturated carbocycles. The summed E-state index contributed by atoms with van der Waals surface area (Å²) in [4.78, 5) is 13.1. The number of benzene rings is 4. The van der Waals surface area contributed by atoms with Gasteiger partial charge in [0.2, 0.25) is 0 Å². The smallest absolute Gasteiger partial charge is 0.264 e. The number of carbonyl (C=O) groups is 1. The van der Waals surface area contributed by atoms with Gasteiger partial charge in [0.25, 0.3) is 15.9 Å². The van der Waals surface area contributed by atoms with Crippen LogP contribution in [0.5, 0.6) is 11.5 Å². The van der Waals surface area contributed by atoms with Crippen LogP contribution in [0.15, 0.2) is 108 Å². The Bertz CT molecular complexity index is 1490. The number of amides is 1. The van der Waals surface area contributed by atoms with E-state index in [9.17, 15) is 13.2 Å². The van der Waals surface area contributed by atoms with Crippen molar-refractivity contribution in [3.05, 3.63) is 114 Å². The standard InChI is InChI=1S/C29H26N2O5S/c32-29(26-11-5-7-13-28(26)36-21-20-35-24-9-2-1-3-10-24)30-23-14-16-25(17-15-23)37(33,34)31-19-18-22-8-4-6-12-27(22)31/h1-17H,18-21H2,(H,30,32). The third-order valence-electron chi connectivity index (χ3n) is 6.03. The lowest BCUT2D eigenvalue weighted by atomic mass is 10.2. The van der Waals surface area contributed by atoms with Crippen LogP contribution in [0.25, 0.3) is 0 Å². The summed E-state index contributed by atoms with van der Waals surface area (Å²) in [6, 6.07) is 30.1. The lowest BCUT2D eigenvalue weighted by molar-refractivity contribution is 0.102. The zero-order valence-corrected chi connectivity index (χ0v) is 20.9. The Balaban J connectivity index is 1.22. The minimum absolute atomic E-state index is 0.171. The van der Waals surface area contributed by atoms with Crippen LogP contribution in [0.2, 0.25) is 0 Å². The number of hydrogen-bond acceptors (Lipinski definition) is 5. The van der Waals surface area contributed by atoms with Gasteiger partial charge in [-0.05, 0) is 66.6 Å². The molecule has 0 aliphatic carbocycles. The zero-order chi connectivity index (χ0) is 25.7. The Hall–Kier alpha value is -4.30. The van der Waals surface area contributed by atoms with Crippen molar-refractivity contribution in [3.8, 4) is 11.5 Å². The second-order valence-corrected chi connectivity index (χ2v) is 10.3. The molecule has 5 rings (SSSR count). The molecule has 1 heterocycles. The lowest BCUT2D eigenvalue weighted by Gasteiger charge is -2.19. The Morgan fingerprint density at radius 3 is 2.27 bits per heavy atom. The number of hydrogen-bond donors (Lipinski definition) is 1. The lowest BCUT2D eigenvalue weighted by Crippen LogP contribution is -2.29. The molecule has 0 atom stereocenters. The number of anilines is 2. The molecule has 4 aromatic carbocycles. The predicted molar refractivity (Wildman–Crippen MR) is 143 cm³/mol. The van der Waals surface area contributed by atoms with E-state index in [4.69, 9.17) is 9.47 Å². The second kappa shape index (κ2) is 10.8. The van der Waals surface area contributed by atoms with Gasteiger partial charge in [-0.25, -0.2) is 8.42 Å². The van der Waals surface area contributed by atoms with Gasteiger partial charge in [-0.3, -0.25) is 9.10 Å². The number of ether oxygens (including phenoxy) is 2. The summed E-state index contributed by atoms with van der Waals surface area (Å²) >= 11 is 0. The molecule has 0 radical (unpaired) electrons. The van der Waals surface area contributed by atoms with Crippen molar-refractivity contribution in [2.75, 3.05) is 29.4 Å². The van der Waals surface area contributed by atoms with E-state index in [0.29, 0.717) is 42.3 Å². The average molecular weight is 515 g/mol. The van der Waals surface area contributed by atoms with Crippen molar-refractivity contribution < 1.29 is 22.7 Å². The van der Waals surface area contributed by atoms with Gasteiger partial charge in [0.15, 0.2) is 0 Å². The van der Waals surface area contributed by atoms with E-state index in [1.165, 1.54) is 16.4 Å². The molecule has 0 bridgehead atoms.